The summed E-state index contributed by atoms with van der Waals surface area (Å²) in [7, 11) is 1.96. The molecule has 2 nitrogen and oxygen atoms in total. The number of piperidine rings is 1. The zero-order valence-corrected chi connectivity index (χ0v) is 13.1. The molecule has 21 heavy (non-hydrogen) atoms. The number of nitrogens with zero attached hydrogens (tertiary/aromatic N) is 1. The molecule has 0 bridgehead atoms. The van der Waals surface area contributed by atoms with Gasteiger partial charge in [-0.1, -0.05) is 25.7 Å². The number of hydrogen-bond acceptors (Lipinski definition) is 2. The van der Waals surface area contributed by atoms with Crippen molar-refractivity contribution in [1.82, 2.24) is 10.2 Å². The fourth-order valence-corrected chi connectivity index (χ4v) is 4.19. The van der Waals surface area contributed by atoms with Crippen LogP contribution in [-0.4, -0.2) is 44.3 Å². The van der Waals surface area contributed by atoms with E-state index < -0.39 is 12.1 Å². The first-order valence-electron chi connectivity index (χ1n) is 8.39. The van der Waals surface area contributed by atoms with Gasteiger partial charge in [0.25, 0.3) is 0 Å². The normalized spacial score (nSPS) is 28.3. The lowest BCUT2D eigenvalue weighted by atomic mass is 9.79. The molecule has 2 fully saturated rings. The summed E-state index contributed by atoms with van der Waals surface area (Å²) in [5.41, 5.74) is 0.179. The maximum atomic E-state index is 13.0. The smallest absolute Gasteiger partial charge is 0.319 e. The first-order chi connectivity index (χ1) is 9.95. The molecule has 1 saturated heterocycles. The van der Waals surface area contributed by atoms with Gasteiger partial charge in [0.2, 0.25) is 0 Å². The van der Waals surface area contributed by atoms with Gasteiger partial charge in [-0.15, -0.1) is 0 Å². The lowest BCUT2D eigenvalue weighted by molar-refractivity contribution is -0.188. The van der Waals surface area contributed by atoms with E-state index in [0.29, 0.717) is 12.8 Å². The second-order valence-corrected chi connectivity index (χ2v) is 7.06. The number of likely N-dealkylation sites (tertiary alicyclic amines) is 1. The van der Waals surface area contributed by atoms with Crippen LogP contribution in [0.5, 0.6) is 0 Å². The largest absolute Gasteiger partial charge is 0.393 e. The molecule has 0 radical (unpaired) electrons. The molecule has 1 atom stereocenters. The van der Waals surface area contributed by atoms with Crippen LogP contribution in [-0.2, 0) is 0 Å². The highest BCUT2D eigenvalue weighted by Gasteiger charge is 2.43. The number of alkyl halides is 3. The minimum Gasteiger partial charge on any atom is -0.319 e. The molecule has 1 aliphatic carbocycles. The molecule has 0 aromatic carbocycles. The summed E-state index contributed by atoms with van der Waals surface area (Å²) in [4.78, 5) is 2.09. The Labute approximate surface area is 126 Å². The molecule has 5 heteroatoms. The van der Waals surface area contributed by atoms with Gasteiger partial charge in [-0.3, -0.25) is 0 Å². The summed E-state index contributed by atoms with van der Waals surface area (Å²) in [5.74, 6) is -1.12. The predicted octanol–water partition coefficient (Wildman–Crippen LogP) is 3.82. The van der Waals surface area contributed by atoms with Crippen molar-refractivity contribution < 1.29 is 13.2 Å². The van der Waals surface area contributed by atoms with Gasteiger partial charge in [-0.2, -0.15) is 13.2 Å². The molecular formula is C16H29F3N2. The molecule has 0 amide bonds. The van der Waals surface area contributed by atoms with Gasteiger partial charge in [-0.05, 0) is 44.7 Å². The summed E-state index contributed by atoms with van der Waals surface area (Å²) in [6.45, 7) is 2.80. The first-order valence-corrected chi connectivity index (χ1v) is 8.39. The standard InChI is InChI=1S/C16H29F3N2/c1-20-12-15(8-4-2-3-5-9-15)13-21-10-6-7-14(11-21)16(17,18)19/h14,20H,2-13H2,1H3. The van der Waals surface area contributed by atoms with E-state index in [1.807, 2.05) is 7.05 Å². The molecule has 1 heterocycles. The monoisotopic (exact) mass is 306 g/mol. The summed E-state index contributed by atoms with van der Waals surface area (Å²) >= 11 is 0. The van der Waals surface area contributed by atoms with Crippen molar-refractivity contribution in [1.29, 1.82) is 0 Å². The number of hydrogen-bond donors (Lipinski definition) is 1. The molecule has 0 aromatic heterocycles. The van der Waals surface area contributed by atoms with Crippen molar-refractivity contribution in [2.45, 2.75) is 57.5 Å². The highest BCUT2D eigenvalue weighted by atomic mass is 19.4. The Bertz CT molecular complexity index is 309. The Hall–Kier alpha value is -0.290. The van der Waals surface area contributed by atoms with Crippen LogP contribution in [0.15, 0.2) is 0 Å². The molecule has 1 N–H and O–H groups in total. The van der Waals surface area contributed by atoms with Crippen molar-refractivity contribution in [3.05, 3.63) is 0 Å². The van der Waals surface area contributed by atoms with Crippen molar-refractivity contribution in [3.8, 4) is 0 Å². The number of nitrogens with one attached hydrogen (secondary N) is 1. The van der Waals surface area contributed by atoms with Crippen LogP contribution in [0.3, 0.4) is 0 Å². The number of rotatable bonds is 4. The number of halogens is 3. The highest BCUT2D eigenvalue weighted by molar-refractivity contribution is 4.89. The van der Waals surface area contributed by atoms with E-state index in [1.165, 1.54) is 25.7 Å². The van der Waals surface area contributed by atoms with Crippen LogP contribution in [0.4, 0.5) is 13.2 Å². The third-order valence-corrected chi connectivity index (χ3v) is 5.24. The summed E-state index contributed by atoms with van der Waals surface area (Å²) in [6.07, 6.45) is 4.25. The van der Waals surface area contributed by atoms with Crippen molar-refractivity contribution >= 4 is 0 Å². The van der Waals surface area contributed by atoms with Crippen LogP contribution in [0.2, 0.25) is 0 Å². The van der Waals surface area contributed by atoms with E-state index in [2.05, 4.69) is 10.2 Å². The van der Waals surface area contributed by atoms with Crippen LogP contribution < -0.4 is 5.32 Å². The van der Waals surface area contributed by atoms with E-state index in [1.54, 1.807) is 0 Å². The molecule has 2 aliphatic rings. The zero-order chi connectivity index (χ0) is 15.3. The van der Waals surface area contributed by atoms with E-state index >= 15 is 0 Å². The topological polar surface area (TPSA) is 15.3 Å². The molecule has 1 aliphatic heterocycles. The Morgan fingerprint density at radius 2 is 1.76 bits per heavy atom. The molecule has 124 valence electrons. The Balaban J connectivity index is 1.99. The van der Waals surface area contributed by atoms with Gasteiger partial charge in [0.05, 0.1) is 5.92 Å². The van der Waals surface area contributed by atoms with Gasteiger partial charge in [0.1, 0.15) is 0 Å². The SMILES string of the molecule is CNCC1(CN2CCCC(C(F)(F)F)C2)CCCCCC1. The predicted molar refractivity (Wildman–Crippen MR) is 79.3 cm³/mol. The third-order valence-electron chi connectivity index (χ3n) is 5.24. The zero-order valence-electron chi connectivity index (χ0n) is 13.1. The fraction of sp³-hybridized carbons (Fsp3) is 1.00. The maximum absolute atomic E-state index is 13.0. The van der Waals surface area contributed by atoms with Gasteiger partial charge < -0.3 is 10.2 Å². The summed E-state index contributed by atoms with van der Waals surface area (Å²) in [5, 5.41) is 3.29. The lowest BCUT2D eigenvalue weighted by Gasteiger charge is -2.41. The Morgan fingerprint density at radius 1 is 1.10 bits per heavy atom. The average Bonchev–Trinajstić information content (AvgIpc) is 2.64. The van der Waals surface area contributed by atoms with Gasteiger partial charge in [-0.25, -0.2) is 0 Å². The molecule has 2 rings (SSSR count). The van der Waals surface area contributed by atoms with Crippen LogP contribution >= 0.6 is 0 Å². The van der Waals surface area contributed by atoms with Crippen molar-refractivity contribution in [2.75, 3.05) is 33.2 Å². The molecule has 0 spiro atoms. The van der Waals surface area contributed by atoms with E-state index in [0.717, 1.165) is 32.5 Å². The van der Waals surface area contributed by atoms with Crippen LogP contribution in [0.25, 0.3) is 0 Å². The molecular weight excluding hydrogens is 277 g/mol. The van der Waals surface area contributed by atoms with E-state index in [9.17, 15) is 13.2 Å². The van der Waals surface area contributed by atoms with Crippen molar-refractivity contribution in [3.63, 3.8) is 0 Å². The minimum absolute atomic E-state index is 0.179. The van der Waals surface area contributed by atoms with Gasteiger partial charge in [0.15, 0.2) is 0 Å². The van der Waals surface area contributed by atoms with E-state index in [4.69, 9.17) is 0 Å². The average molecular weight is 306 g/mol. The molecule has 1 unspecified atom stereocenters. The third kappa shape index (κ3) is 4.85. The van der Waals surface area contributed by atoms with Gasteiger partial charge >= 0.3 is 6.18 Å². The van der Waals surface area contributed by atoms with Gasteiger partial charge in [0, 0.05) is 19.6 Å². The van der Waals surface area contributed by atoms with Crippen molar-refractivity contribution in [2.24, 2.45) is 11.3 Å². The molecule has 0 aromatic rings. The highest BCUT2D eigenvalue weighted by Crippen LogP contribution is 2.38. The summed E-state index contributed by atoms with van der Waals surface area (Å²) in [6, 6.07) is 0. The second kappa shape index (κ2) is 7.32. The lowest BCUT2D eigenvalue weighted by Crippen LogP contribution is -2.48. The maximum Gasteiger partial charge on any atom is 0.393 e. The van der Waals surface area contributed by atoms with E-state index in [-0.39, 0.29) is 12.0 Å². The van der Waals surface area contributed by atoms with Crippen LogP contribution in [0.1, 0.15) is 51.4 Å². The fourth-order valence-electron chi connectivity index (χ4n) is 4.19. The Kier molecular flexibility index (Phi) is 5.95. The quantitative estimate of drug-likeness (QED) is 0.794. The Morgan fingerprint density at radius 3 is 2.33 bits per heavy atom. The molecule has 1 saturated carbocycles. The summed E-state index contributed by atoms with van der Waals surface area (Å²) < 4.78 is 38.9. The minimum atomic E-state index is -4.03. The first kappa shape index (κ1) is 17.1. The van der Waals surface area contributed by atoms with Crippen LogP contribution in [0, 0.1) is 11.3 Å². The second-order valence-electron chi connectivity index (χ2n) is 7.06.